The Morgan fingerprint density at radius 2 is 2.16 bits per heavy atom. The third-order valence-corrected chi connectivity index (χ3v) is 6.80. The lowest BCUT2D eigenvalue weighted by atomic mass is 10.0. The minimum Gasteiger partial charge on any atom is -0.417 e. The molecule has 110 valence electrons. The van der Waals surface area contributed by atoms with Crippen molar-refractivity contribution in [2.75, 3.05) is 20.3 Å². The molecular weight excluding hydrogens is 262 g/mol. The summed E-state index contributed by atoms with van der Waals surface area (Å²) < 4.78 is 17.1. The number of nitrogens with zero attached hydrogens (tertiary/aromatic N) is 3. The molecule has 4 atom stereocenters. The van der Waals surface area contributed by atoms with Crippen LogP contribution >= 0.6 is 0 Å². The fraction of sp³-hybridized carbons (Fsp3) is 1.00. The molecule has 1 aliphatic heterocycles. The van der Waals surface area contributed by atoms with Gasteiger partial charge in [-0.15, -0.1) is 0 Å². The molecule has 0 aliphatic carbocycles. The predicted octanol–water partition coefficient (Wildman–Crippen LogP) is 2.64. The van der Waals surface area contributed by atoms with Gasteiger partial charge in [0.2, 0.25) is 0 Å². The van der Waals surface area contributed by atoms with Gasteiger partial charge in [0.15, 0.2) is 9.04 Å². The van der Waals surface area contributed by atoms with Crippen LogP contribution in [-0.2, 0) is 13.9 Å². The van der Waals surface area contributed by atoms with E-state index in [1.165, 1.54) is 0 Å². The quantitative estimate of drug-likeness (QED) is 0.337. The summed E-state index contributed by atoms with van der Waals surface area (Å²) in [6, 6.07) is -0.136. The van der Waals surface area contributed by atoms with Gasteiger partial charge in [0.25, 0.3) is 0 Å². The van der Waals surface area contributed by atoms with Crippen molar-refractivity contribution in [1.82, 2.24) is 0 Å². The molecule has 1 aliphatic rings. The van der Waals surface area contributed by atoms with Crippen molar-refractivity contribution in [1.29, 1.82) is 0 Å². The average molecular weight is 287 g/mol. The van der Waals surface area contributed by atoms with Crippen molar-refractivity contribution in [3.8, 4) is 0 Å². The van der Waals surface area contributed by atoms with Gasteiger partial charge in [0.05, 0.1) is 25.4 Å². The molecule has 0 aromatic heterocycles. The maximum atomic E-state index is 8.45. The molecule has 0 spiro atoms. The van der Waals surface area contributed by atoms with Gasteiger partial charge in [0, 0.05) is 12.0 Å². The van der Waals surface area contributed by atoms with Crippen LogP contribution in [0.15, 0.2) is 5.11 Å². The largest absolute Gasteiger partial charge is 0.417 e. The number of hydrogen-bond acceptors (Lipinski definition) is 4. The third kappa shape index (κ3) is 5.12. The van der Waals surface area contributed by atoms with Crippen molar-refractivity contribution in [2.45, 2.75) is 57.0 Å². The van der Waals surface area contributed by atoms with Crippen LogP contribution in [0.1, 0.15) is 27.2 Å². The summed E-state index contributed by atoms with van der Waals surface area (Å²) in [5, 5.41) is 3.94. The molecule has 1 rings (SSSR count). The summed E-state index contributed by atoms with van der Waals surface area (Å²) in [5.41, 5.74) is 8.45. The van der Waals surface area contributed by atoms with E-state index in [1.807, 2.05) is 0 Å². The van der Waals surface area contributed by atoms with Gasteiger partial charge in [-0.1, -0.05) is 25.9 Å². The molecular formula is C12H25N3O3Si. The van der Waals surface area contributed by atoms with Gasteiger partial charge in [-0.2, -0.15) is 0 Å². The van der Waals surface area contributed by atoms with Crippen molar-refractivity contribution in [3.05, 3.63) is 10.4 Å². The van der Waals surface area contributed by atoms with E-state index >= 15 is 0 Å². The Labute approximate surface area is 116 Å². The van der Waals surface area contributed by atoms with Crippen molar-refractivity contribution in [2.24, 2.45) is 5.11 Å². The Morgan fingerprint density at radius 1 is 1.47 bits per heavy atom. The lowest BCUT2D eigenvalue weighted by Crippen LogP contribution is -2.45. The molecule has 7 heteroatoms. The standard InChI is InChI=1S/C12H25N3O3Si/c1-12(2,3)19(5)18-8-11-10(16-4)6-9(7-17-11)14-15-13/h9-11,19H,6-8H2,1-5H3/t9-,10+,11-,19?/m1/s1. The zero-order chi connectivity index (χ0) is 14.5. The Kier molecular flexibility index (Phi) is 6.29. The number of rotatable bonds is 5. The van der Waals surface area contributed by atoms with Gasteiger partial charge < -0.3 is 13.9 Å². The van der Waals surface area contributed by atoms with Crippen LogP contribution in [0.3, 0.4) is 0 Å². The average Bonchev–Trinajstić information content (AvgIpc) is 2.35. The number of azide groups is 1. The Balaban J connectivity index is 2.48. The van der Waals surface area contributed by atoms with Gasteiger partial charge in [-0.3, -0.25) is 0 Å². The van der Waals surface area contributed by atoms with E-state index in [1.54, 1.807) is 7.11 Å². The lowest BCUT2D eigenvalue weighted by molar-refractivity contribution is -0.112. The Morgan fingerprint density at radius 3 is 2.68 bits per heavy atom. The monoisotopic (exact) mass is 287 g/mol. The van der Waals surface area contributed by atoms with Crippen LogP contribution in [0.4, 0.5) is 0 Å². The summed E-state index contributed by atoms with van der Waals surface area (Å²) in [4.78, 5) is 2.82. The second-order valence-corrected chi connectivity index (χ2v) is 9.43. The summed E-state index contributed by atoms with van der Waals surface area (Å²) in [7, 11) is 0.411. The molecule has 1 fully saturated rings. The maximum absolute atomic E-state index is 8.45. The molecule has 0 bridgehead atoms. The van der Waals surface area contributed by atoms with Crippen molar-refractivity contribution >= 4 is 9.04 Å². The molecule has 0 saturated carbocycles. The van der Waals surface area contributed by atoms with Crippen LogP contribution in [-0.4, -0.2) is 47.6 Å². The van der Waals surface area contributed by atoms with Gasteiger partial charge in [-0.25, -0.2) is 0 Å². The highest BCUT2D eigenvalue weighted by atomic mass is 28.3. The number of ether oxygens (including phenoxy) is 2. The summed E-state index contributed by atoms with van der Waals surface area (Å²) in [5.74, 6) is 0. The first-order valence-electron chi connectivity index (χ1n) is 6.68. The molecule has 6 nitrogen and oxygen atoms in total. The first-order valence-corrected chi connectivity index (χ1v) is 8.89. The zero-order valence-electron chi connectivity index (χ0n) is 12.5. The second-order valence-electron chi connectivity index (χ2n) is 6.08. The van der Waals surface area contributed by atoms with E-state index < -0.39 is 9.04 Å². The molecule has 19 heavy (non-hydrogen) atoms. The van der Waals surface area contributed by atoms with Gasteiger partial charge in [-0.05, 0) is 23.5 Å². The molecule has 0 radical (unpaired) electrons. The summed E-state index contributed by atoms with van der Waals surface area (Å²) in [6.45, 7) is 9.83. The highest BCUT2D eigenvalue weighted by molar-refractivity contribution is 6.53. The topological polar surface area (TPSA) is 76.5 Å². The molecule has 0 aromatic carbocycles. The molecule has 1 heterocycles. The summed E-state index contributed by atoms with van der Waals surface area (Å²) >= 11 is 0. The molecule has 0 aromatic rings. The number of methoxy groups -OCH3 is 1. The lowest BCUT2D eigenvalue weighted by Gasteiger charge is -2.35. The second kappa shape index (κ2) is 7.26. The van der Waals surface area contributed by atoms with E-state index in [0.717, 1.165) is 0 Å². The fourth-order valence-corrected chi connectivity index (χ4v) is 2.85. The Bertz CT molecular complexity index is 329. The minimum atomic E-state index is -1.25. The molecule has 0 amide bonds. The normalized spacial score (nSPS) is 29.6. The maximum Gasteiger partial charge on any atom is 0.179 e. The van der Waals surface area contributed by atoms with E-state index in [9.17, 15) is 0 Å². The van der Waals surface area contributed by atoms with Gasteiger partial charge >= 0.3 is 0 Å². The van der Waals surface area contributed by atoms with Crippen LogP contribution in [0.25, 0.3) is 10.4 Å². The smallest absolute Gasteiger partial charge is 0.179 e. The highest BCUT2D eigenvalue weighted by Gasteiger charge is 2.32. The predicted molar refractivity (Wildman–Crippen MR) is 76.8 cm³/mol. The van der Waals surface area contributed by atoms with Gasteiger partial charge in [0.1, 0.15) is 6.10 Å². The first-order chi connectivity index (χ1) is 8.88. The van der Waals surface area contributed by atoms with Crippen molar-refractivity contribution < 1.29 is 13.9 Å². The van der Waals surface area contributed by atoms with E-state index in [2.05, 4.69) is 37.3 Å². The van der Waals surface area contributed by atoms with Crippen LogP contribution in [0.5, 0.6) is 0 Å². The number of hydrogen-bond donors (Lipinski definition) is 0. The summed E-state index contributed by atoms with van der Waals surface area (Å²) in [6.07, 6.45) is 0.568. The Hall–Kier alpha value is -0.593. The van der Waals surface area contributed by atoms with Crippen molar-refractivity contribution in [3.63, 3.8) is 0 Å². The van der Waals surface area contributed by atoms with E-state index in [-0.39, 0.29) is 23.3 Å². The minimum absolute atomic E-state index is 0.0626. The highest BCUT2D eigenvalue weighted by Crippen LogP contribution is 2.28. The first kappa shape index (κ1) is 16.5. The van der Waals surface area contributed by atoms with Crippen LogP contribution in [0.2, 0.25) is 11.6 Å². The molecule has 1 unspecified atom stereocenters. The van der Waals surface area contributed by atoms with E-state index in [4.69, 9.17) is 19.4 Å². The SMILES string of the molecule is CO[C@H]1C[C@@H](N=[N+]=[N-])CO[C@@H]1CO[SiH](C)C(C)(C)C. The van der Waals surface area contributed by atoms with Crippen LogP contribution < -0.4 is 0 Å². The molecule has 0 N–H and O–H groups in total. The zero-order valence-corrected chi connectivity index (χ0v) is 13.7. The third-order valence-electron chi connectivity index (χ3n) is 3.67. The molecule has 1 saturated heterocycles. The fourth-order valence-electron chi connectivity index (χ4n) is 1.88. The van der Waals surface area contributed by atoms with E-state index in [0.29, 0.717) is 19.6 Å². The van der Waals surface area contributed by atoms with Crippen LogP contribution in [0, 0.1) is 0 Å².